The molecule has 0 bridgehead atoms. The molecule has 0 aliphatic rings. The fourth-order valence-corrected chi connectivity index (χ4v) is 3.51. The molecule has 0 aliphatic carbocycles. The van der Waals surface area contributed by atoms with E-state index < -0.39 is 41.0 Å². The molecule has 0 spiro atoms. The van der Waals surface area contributed by atoms with Crippen LogP contribution in [0.3, 0.4) is 0 Å². The molecule has 0 fully saturated rings. The van der Waals surface area contributed by atoms with Crippen LogP contribution in [0.5, 0.6) is 0 Å². The summed E-state index contributed by atoms with van der Waals surface area (Å²) in [5.41, 5.74) is 2.10. The largest absolute Gasteiger partial charge is 0.378 e. The second-order valence-corrected chi connectivity index (χ2v) is 9.06. The standard InChI is InChI=1S/C25H29F2N5O3/c1-14(28-24(35)22(33)15-10-17(26)12-18(27)11-15)23(34)29-21-13-20(30-31-21)25(2,3)16-6-8-19(9-7-16)32(4)5/h6-14,22,33H,1-5H3,(H,28,35)(H2,29,30,31,34). The molecular formula is C25H29F2N5O3. The fraction of sp³-hybridized carbons (Fsp3) is 0.320. The molecule has 3 aromatic rings. The predicted molar refractivity (Wildman–Crippen MR) is 129 cm³/mol. The summed E-state index contributed by atoms with van der Waals surface area (Å²) in [5.74, 6) is -3.06. The second kappa shape index (κ2) is 10.2. The first kappa shape index (κ1) is 25.8. The molecule has 186 valence electrons. The molecular weight excluding hydrogens is 456 g/mol. The van der Waals surface area contributed by atoms with E-state index in [1.165, 1.54) is 6.92 Å². The highest BCUT2D eigenvalue weighted by Crippen LogP contribution is 2.32. The third-order valence-corrected chi connectivity index (χ3v) is 5.78. The van der Waals surface area contributed by atoms with Gasteiger partial charge >= 0.3 is 0 Å². The number of nitrogens with one attached hydrogen (secondary N) is 3. The van der Waals surface area contributed by atoms with Crippen LogP contribution < -0.4 is 15.5 Å². The van der Waals surface area contributed by atoms with Crippen molar-refractivity contribution < 1.29 is 23.5 Å². The molecule has 0 saturated heterocycles. The van der Waals surface area contributed by atoms with E-state index in [9.17, 15) is 23.5 Å². The topological polar surface area (TPSA) is 110 Å². The molecule has 35 heavy (non-hydrogen) atoms. The van der Waals surface area contributed by atoms with E-state index in [-0.39, 0.29) is 5.56 Å². The number of aromatic amines is 1. The molecule has 2 aromatic carbocycles. The minimum absolute atomic E-state index is 0.258. The lowest BCUT2D eigenvalue weighted by Gasteiger charge is -2.24. The van der Waals surface area contributed by atoms with E-state index >= 15 is 0 Å². The van der Waals surface area contributed by atoms with E-state index in [0.29, 0.717) is 17.6 Å². The summed E-state index contributed by atoms with van der Waals surface area (Å²) in [7, 11) is 3.93. The van der Waals surface area contributed by atoms with Crippen molar-refractivity contribution in [3.8, 4) is 0 Å². The van der Waals surface area contributed by atoms with Crippen molar-refractivity contribution in [3.63, 3.8) is 0 Å². The quantitative estimate of drug-likeness (QED) is 0.392. The highest BCUT2D eigenvalue weighted by Gasteiger charge is 2.28. The Kier molecular flexibility index (Phi) is 7.54. The lowest BCUT2D eigenvalue weighted by molar-refractivity contribution is -0.132. The van der Waals surface area contributed by atoms with Gasteiger partial charge in [-0.1, -0.05) is 26.0 Å². The van der Waals surface area contributed by atoms with Gasteiger partial charge in [0.1, 0.15) is 23.5 Å². The van der Waals surface area contributed by atoms with E-state index in [0.717, 1.165) is 23.4 Å². The third kappa shape index (κ3) is 6.02. The number of carbonyl (C=O) groups excluding carboxylic acids is 2. The minimum atomic E-state index is -1.84. The van der Waals surface area contributed by atoms with Crippen molar-refractivity contribution in [2.45, 2.75) is 38.3 Å². The molecule has 4 N–H and O–H groups in total. The van der Waals surface area contributed by atoms with Gasteiger partial charge in [0.2, 0.25) is 5.91 Å². The van der Waals surface area contributed by atoms with Gasteiger partial charge in [0.05, 0.1) is 5.69 Å². The van der Waals surface area contributed by atoms with Gasteiger partial charge in [-0.2, -0.15) is 5.10 Å². The maximum atomic E-state index is 13.4. The van der Waals surface area contributed by atoms with E-state index in [1.54, 1.807) is 6.07 Å². The average molecular weight is 486 g/mol. The molecule has 1 heterocycles. The number of carbonyl (C=O) groups is 2. The predicted octanol–water partition coefficient (Wildman–Crippen LogP) is 3.26. The maximum Gasteiger partial charge on any atom is 0.254 e. The van der Waals surface area contributed by atoms with Crippen molar-refractivity contribution in [1.82, 2.24) is 15.5 Å². The lowest BCUT2D eigenvalue weighted by Crippen LogP contribution is -2.43. The summed E-state index contributed by atoms with van der Waals surface area (Å²) >= 11 is 0. The Morgan fingerprint density at radius 3 is 2.20 bits per heavy atom. The number of rotatable bonds is 8. The Morgan fingerprint density at radius 2 is 1.63 bits per heavy atom. The minimum Gasteiger partial charge on any atom is -0.378 e. The first-order chi connectivity index (χ1) is 16.4. The smallest absolute Gasteiger partial charge is 0.254 e. The van der Waals surface area contributed by atoms with Gasteiger partial charge in [0, 0.05) is 37.3 Å². The highest BCUT2D eigenvalue weighted by atomic mass is 19.1. The molecule has 3 rings (SSSR count). The van der Waals surface area contributed by atoms with Crippen LogP contribution in [0.2, 0.25) is 0 Å². The molecule has 0 aliphatic heterocycles. The van der Waals surface area contributed by atoms with Crippen molar-refractivity contribution in [1.29, 1.82) is 0 Å². The summed E-state index contributed by atoms with van der Waals surface area (Å²) in [6, 6.07) is 11.1. The summed E-state index contributed by atoms with van der Waals surface area (Å²) in [6.45, 7) is 5.44. The van der Waals surface area contributed by atoms with Crippen molar-refractivity contribution in [3.05, 3.63) is 77.0 Å². The van der Waals surface area contributed by atoms with Gasteiger partial charge in [0.25, 0.3) is 5.91 Å². The van der Waals surface area contributed by atoms with Crippen LogP contribution in [0.25, 0.3) is 0 Å². The first-order valence-corrected chi connectivity index (χ1v) is 11.0. The number of aliphatic hydroxyl groups is 1. The zero-order valence-electron chi connectivity index (χ0n) is 20.2. The Morgan fingerprint density at radius 1 is 1.03 bits per heavy atom. The SMILES string of the molecule is CC(NC(=O)C(O)c1cc(F)cc(F)c1)C(=O)Nc1cc(C(C)(C)c2ccc(N(C)C)cc2)n[nH]1. The molecule has 1 aromatic heterocycles. The number of aromatic nitrogens is 2. The van der Waals surface area contributed by atoms with Crippen LogP contribution in [-0.4, -0.2) is 47.3 Å². The average Bonchev–Trinajstić information content (AvgIpc) is 3.27. The van der Waals surface area contributed by atoms with E-state index in [4.69, 9.17) is 0 Å². The monoisotopic (exact) mass is 485 g/mol. The lowest BCUT2D eigenvalue weighted by atomic mass is 9.81. The summed E-state index contributed by atoms with van der Waals surface area (Å²) < 4.78 is 26.7. The zero-order chi connectivity index (χ0) is 25.9. The molecule has 2 amide bonds. The number of amides is 2. The number of aliphatic hydroxyl groups excluding tert-OH is 1. The number of hydrogen-bond acceptors (Lipinski definition) is 5. The molecule has 2 unspecified atom stereocenters. The van der Waals surface area contributed by atoms with Crippen LogP contribution in [0.1, 0.15) is 43.7 Å². The highest BCUT2D eigenvalue weighted by molar-refractivity contribution is 5.97. The van der Waals surface area contributed by atoms with Gasteiger partial charge in [0.15, 0.2) is 6.10 Å². The van der Waals surface area contributed by atoms with Crippen LogP contribution >= 0.6 is 0 Å². The Balaban J connectivity index is 1.64. The Bertz CT molecular complexity index is 1190. The second-order valence-electron chi connectivity index (χ2n) is 9.06. The van der Waals surface area contributed by atoms with Crippen LogP contribution in [-0.2, 0) is 15.0 Å². The normalized spacial score (nSPS) is 13.1. The number of hydrogen-bond donors (Lipinski definition) is 4. The first-order valence-electron chi connectivity index (χ1n) is 11.0. The maximum absolute atomic E-state index is 13.4. The molecule has 0 saturated carbocycles. The summed E-state index contributed by atoms with van der Waals surface area (Å²) in [6.07, 6.45) is -1.84. The third-order valence-electron chi connectivity index (χ3n) is 5.78. The van der Waals surface area contributed by atoms with Crippen LogP contribution in [0.15, 0.2) is 48.5 Å². The zero-order valence-corrected chi connectivity index (χ0v) is 20.2. The van der Waals surface area contributed by atoms with Crippen LogP contribution in [0, 0.1) is 11.6 Å². The summed E-state index contributed by atoms with van der Waals surface area (Å²) in [4.78, 5) is 26.9. The number of benzene rings is 2. The van der Waals surface area contributed by atoms with Gasteiger partial charge in [-0.25, -0.2) is 8.78 Å². The number of halogens is 2. The van der Waals surface area contributed by atoms with E-state index in [2.05, 4.69) is 20.8 Å². The van der Waals surface area contributed by atoms with Crippen molar-refractivity contribution >= 4 is 23.3 Å². The summed E-state index contributed by atoms with van der Waals surface area (Å²) in [5, 5.41) is 22.2. The Labute approximate surface area is 202 Å². The molecule has 10 heteroatoms. The van der Waals surface area contributed by atoms with Gasteiger partial charge in [-0.15, -0.1) is 0 Å². The van der Waals surface area contributed by atoms with E-state index in [1.807, 2.05) is 57.1 Å². The van der Waals surface area contributed by atoms with Gasteiger partial charge in [-0.3, -0.25) is 14.7 Å². The van der Waals surface area contributed by atoms with Gasteiger partial charge in [-0.05, 0) is 42.3 Å². The fourth-order valence-electron chi connectivity index (χ4n) is 3.51. The molecule has 0 radical (unpaired) electrons. The van der Waals surface area contributed by atoms with Crippen molar-refractivity contribution in [2.24, 2.45) is 0 Å². The number of H-pyrrole nitrogens is 1. The van der Waals surface area contributed by atoms with Crippen molar-refractivity contribution in [2.75, 3.05) is 24.3 Å². The Hall–Kier alpha value is -3.79. The molecule has 2 atom stereocenters. The molecule has 8 nitrogen and oxygen atoms in total. The number of anilines is 2. The number of nitrogens with zero attached hydrogens (tertiary/aromatic N) is 2. The van der Waals surface area contributed by atoms with Gasteiger partial charge < -0.3 is 20.6 Å². The van der Waals surface area contributed by atoms with Crippen LogP contribution in [0.4, 0.5) is 20.3 Å².